The first kappa shape index (κ1) is 19.7. The van der Waals surface area contributed by atoms with E-state index in [-0.39, 0.29) is 0 Å². The first-order valence-corrected chi connectivity index (χ1v) is 10.5. The molecule has 4 rings (SSSR count). The second kappa shape index (κ2) is 9.72. The van der Waals surface area contributed by atoms with Crippen molar-refractivity contribution in [3.05, 3.63) is 88.4 Å². The smallest absolute Gasteiger partial charge is 0.120 e. The van der Waals surface area contributed by atoms with Gasteiger partial charge in [0.25, 0.3) is 0 Å². The highest BCUT2D eigenvalue weighted by Gasteiger charge is 2.10. The van der Waals surface area contributed by atoms with Crippen LogP contribution in [0.2, 0.25) is 0 Å². The molecule has 1 aliphatic rings. The van der Waals surface area contributed by atoms with E-state index in [1.54, 1.807) is 0 Å². The summed E-state index contributed by atoms with van der Waals surface area (Å²) in [6.07, 6.45) is 1.86. The van der Waals surface area contributed by atoms with E-state index in [0.717, 1.165) is 53.3 Å². The van der Waals surface area contributed by atoms with Crippen molar-refractivity contribution in [2.75, 3.05) is 31.2 Å². The standard InChI is InChI=1S/C24H23BrN2O2/c25-24-11-10-23(29-18-19-4-2-1-3-5-19)16-20(24)17-26-21-6-8-22(9-7-21)27-12-14-28-15-13-27/h1-11,16-17H,12-15,18H2. The van der Waals surface area contributed by atoms with Crippen LogP contribution in [0.15, 0.2) is 82.3 Å². The Morgan fingerprint density at radius 3 is 2.48 bits per heavy atom. The minimum absolute atomic E-state index is 0.544. The molecule has 0 unspecified atom stereocenters. The van der Waals surface area contributed by atoms with E-state index < -0.39 is 0 Å². The average Bonchev–Trinajstić information content (AvgIpc) is 2.79. The number of ether oxygens (including phenoxy) is 2. The highest BCUT2D eigenvalue weighted by molar-refractivity contribution is 9.10. The van der Waals surface area contributed by atoms with Gasteiger partial charge in [-0.2, -0.15) is 0 Å². The Labute approximate surface area is 179 Å². The van der Waals surface area contributed by atoms with Crippen molar-refractivity contribution in [2.24, 2.45) is 4.99 Å². The van der Waals surface area contributed by atoms with Gasteiger partial charge in [-0.15, -0.1) is 0 Å². The van der Waals surface area contributed by atoms with Gasteiger partial charge in [-0.25, -0.2) is 0 Å². The third-order valence-electron chi connectivity index (χ3n) is 4.79. The van der Waals surface area contributed by atoms with Crippen LogP contribution in [0.5, 0.6) is 5.75 Å². The quantitative estimate of drug-likeness (QED) is 0.457. The molecular formula is C24H23BrN2O2. The zero-order valence-electron chi connectivity index (χ0n) is 16.1. The molecule has 3 aromatic carbocycles. The van der Waals surface area contributed by atoms with Crippen LogP contribution >= 0.6 is 15.9 Å². The van der Waals surface area contributed by atoms with Crippen LogP contribution < -0.4 is 9.64 Å². The summed E-state index contributed by atoms with van der Waals surface area (Å²) in [5, 5.41) is 0. The molecule has 148 valence electrons. The van der Waals surface area contributed by atoms with Crippen LogP contribution in [-0.4, -0.2) is 32.5 Å². The fourth-order valence-corrected chi connectivity index (χ4v) is 3.52. The molecule has 0 aromatic heterocycles. The molecule has 0 amide bonds. The fourth-order valence-electron chi connectivity index (χ4n) is 3.17. The Bertz CT molecular complexity index is 952. The molecule has 4 nitrogen and oxygen atoms in total. The van der Waals surface area contributed by atoms with Crippen molar-refractivity contribution in [3.63, 3.8) is 0 Å². The lowest BCUT2D eigenvalue weighted by Gasteiger charge is -2.28. The molecule has 0 aliphatic carbocycles. The number of hydrogen-bond acceptors (Lipinski definition) is 4. The Morgan fingerprint density at radius 2 is 1.72 bits per heavy atom. The SMILES string of the molecule is Brc1ccc(OCc2ccccc2)cc1C=Nc1ccc(N2CCOCC2)cc1. The highest BCUT2D eigenvalue weighted by Crippen LogP contribution is 2.24. The number of aliphatic imine (C=N–C) groups is 1. The van der Waals surface area contributed by atoms with Crippen LogP contribution in [0.3, 0.4) is 0 Å². The molecule has 1 aliphatic heterocycles. The molecule has 0 radical (unpaired) electrons. The van der Waals surface area contributed by atoms with Crippen LogP contribution in [0.25, 0.3) is 0 Å². The van der Waals surface area contributed by atoms with Crippen molar-refractivity contribution in [2.45, 2.75) is 6.61 Å². The number of anilines is 1. The lowest BCUT2D eigenvalue weighted by Crippen LogP contribution is -2.36. The molecule has 0 saturated carbocycles. The average molecular weight is 451 g/mol. The largest absolute Gasteiger partial charge is 0.489 e. The van der Waals surface area contributed by atoms with Gasteiger partial charge in [-0.3, -0.25) is 4.99 Å². The zero-order valence-corrected chi connectivity index (χ0v) is 17.7. The summed E-state index contributed by atoms with van der Waals surface area (Å²) in [5.74, 6) is 0.821. The maximum atomic E-state index is 5.92. The van der Waals surface area contributed by atoms with E-state index in [0.29, 0.717) is 6.61 Å². The first-order valence-electron chi connectivity index (χ1n) is 9.71. The molecule has 0 bridgehead atoms. The van der Waals surface area contributed by atoms with Crippen molar-refractivity contribution < 1.29 is 9.47 Å². The van der Waals surface area contributed by atoms with E-state index >= 15 is 0 Å². The van der Waals surface area contributed by atoms with Crippen LogP contribution in [0, 0.1) is 0 Å². The predicted molar refractivity (Wildman–Crippen MR) is 122 cm³/mol. The number of rotatable bonds is 6. The summed E-state index contributed by atoms with van der Waals surface area (Å²) in [6, 6.07) is 24.4. The monoisotopic (exact) mass is 450 g/mol. The Morgan fingerprint density at radius 1 is 0.966 bits per heavy atom. The number of halogens is 1. The zero-order chi connectivity index (χ0) is 19.9. The van der Waals surface area contributed by atoms with Crippen LogP contribution in [-0.2, 0) is 11.3 Å². The van der Waals surface area contributed by atoms with Crippen molar-refractivity contribution in [1.82, 2.24) is 0 Å². The van der Waals surface area contributed by atoms with E-state index in [9.17, 15) is 0 Å². The summed E-state index contributed by atoms with van der Waals surface area (Å²) in [4.78, 5) is 6.96. The Kier molecular flexibility index (Phi) is 6.60. The van der Waals surface area contributed by atoms with Crippen molar-refractivity contribution >= 4 is 33.5 Å². The lowest BCUT2D eigenvalue weighted by molar-refractivity contribution is 0.122. The normalized spacial score (nSPS) is 14.3. The molecule has 3 aromatic rings. The van der Waals surface area contributed by atoms with Gasteiger partial charge in [-0.05, 0) is 48.0 Å². The summed E-state index contributed by atoms with van der Waals surface area (Å²) in [5.41, 5.74) is 4.26. The third-order valence-corrected chi connectivity index (χ3v) is 5.52. The van der Waals surface area contributed by atoms with Gasteiger partial charge in [-0.1, -0.05) is 46.3 Å². The van der Waals surface area contributed by atoms with Gasteiger partial charge in [0, 0.05) is 35.0 Å². The maximum Gasteiger partial charge on any atom is 0.120 e. The molecule has 29 heavy (non-hydrogen) atoms. The number of hydrogen-bond donors (Lipinski definition) is 0. The predicted octanol–water partition coefficient (Wildman–Crippen LogP) is 5.62. The Balaban J connectivity index is 1.42. The molecular weight excluding hydrogens is 428 g/mol. The number of nitrogens with zero attached hydrogens (tertiary/aromatic N) is 2. The Hall–Kier alpha value is -2.63. The van der Waals surface area contributed by atoms with Gasteiger partial charge < -0.3 is 14.4 Å². The van der Waals surface area contributed by atoms with Gasteiger partial charge >= 0.3 is 0 Å². The molecule has 1 saturated heterocycles. The molecule has 5 heteroatoms. The number of morpholine rings is 1. The van der Waals surface area contributed by atoms with Crippen LogP contribution in [0.1, 0.15) is 11.1 Å². The minimum atomic E-state index is 0.544. The van der Waals surface area contributed by atoms with Crippen molar-refractivity contribution in [1.29, 1.82) is 0 Å². The van der Waals surface area contributed by atoms with E-state index in [1.807, 2.05) is 54.7 Å². The van der Waals surface area contributed by atoms with Gasteiger partial charge in [0.15, 0.2) is 0 Å². The van der Waals surface area contributed by atoms with E-state index in [4.69, 9.17) is 9.47 Å². The summed E-state index contributed by atoms with van der Waals surface area (Å²) < 4.78 is 12.3. The van der Waals surface area contributed by atoms with Gasteiger partial charge in [0.1, 0.15) is 12.4 Å². The van der Waals surface area contributed by atoms with E-state index in [1.165, 1.54) is 5.69 Å². The van der Waals surface area contributed by atoms with Crippen molar-refractivity contribution in [3.8, 4) is 5.75 Å². The highest BCUT2D eigenvalue weighted by atomic mass is 79.9. The topological polar surface area (TPSA) is 34.1 Å². The molecule has 0 N–H and O–H groups in total. The molecule has 0 atom stereocenters. The van der Waals surface area contributed by atoms with Crippen LogP contribution in [0.4, 0.5) is 11.4 Å². The minimum Gasteiger partial charge on any atom is -0.489 e. The summed E-state index contributed by atoms with van der Waals surface area (Å²) in [6.45, 7) is 3.99. The summed E-state index contributed by atoms with van der Waals surface area (Å²) in [7, 11) is 0. The maximum absolute atomic E-state index is 5.92. The fraction of sp³-hybridized carbons (Fsp3) is 0.208. The first-order chi connectivity index (χ1) is 14.3. The second-order valence-corrected chi connectivity index (χ2v) is 7.69. The molecule has 1 heterocycles. The van der Waals surface area contributed by atoms with E-state index in [2.05, 4.69) is 50.1 Å². The molecule has 0 spiro atoms. The molecule has 1 fully saturated rings. The van der Waals surface area contributed by atoms with Gasteiger partial charge in [0.2, 0.25) is 0 Å². The lowest BCUT2D eigenvalue weighted by atomic mass is 10.2. The third kappa shape index (κ3) is 5.46. The second-order valence-electron chi connectivity index (χ2n) is 6.83. The van der Waals surface area contributed by atoms with Gasteiger partial charge in [0.05, 0.1) is 18.9 Å². The summed E-state index contributed by atoms with van der Waals surface area (Å²) >= 11 is 3.60. The number of benzene rings is 3.